The first-order valence-electron chi connectivity index (χ1n) is 10.1. The van der Waals surface area contributed by atoms with Gasteiger partial charge in [0, 0.05) is 22.3 Å². The van der Waals surface area contributed by atoms with Crippen molar-refractivity contribution in [3.05, 3.63) is 57.1 Å². The number of alkyl halides is 1. The first-order chi connectivity index (χ1) is 14.7. The second-order valence-electron chi connectivity index (χ2n) is 8.85. The van der Waals surface area contributed by atoms with Crippen LogP contribution in [0.5, 0.6) is 11.5 Å². The highest BCUT2D eigenvalue weighted by molar-refractivity contribution is 6.31. The third-order valence-corrected chi connectivity index (χ3v) is 7.26. The fourth-order valence-corrected chi connectivity index (χ4v) is 5.92. The largest absolute Gasteiger partial charge is 0.507 e. The number of phenols is 2. The lowest BCUT2D eigenvalue weighted by molar-refractivity contribution is -0.181. The summed E-state index contributed by atoms with van der Waals surface area (Å²) < 4.78 is 27.0. The fourth-order valence-electron chi connectivity index (χ4n) is 5.92. The highest BCUT2D eigenvalue weighted by atomic mass is 19.1. The Morgan fingerprint density at radius 3 is 2.48 bits per heavy atom. The minimum absolute atomic E-state index is 0.00426. The molecule has 3 aliphatic heterocycles. The second kappa shape index (κ2) is 5.70. The van der Waals surface area contributed by atoms with Crippen LogP contribution in [-0.2, 0) is 9.47 Å². The van der Waals surface area contributed by atoms with E-state index in [0.717, 1.165) is 0 Å². The number of benzene rings is 2. The molecule has 0 amide bonds. The summed E-state index contributed by atoms with van der Waals surface area (Å²) in [6.07, 6.45) is -4.22. The van der Waals surface area contributed by atoms with Crippen molar-refractivity contribution in [2.45, 2.75) is 49.9 Å². The maximum absolute atomic E-state index is 15.3. The molecule has 31 heavy (non-hydrogen) atoms. The molecule has 2 aliphatic carbocycles. The van der Waals surface area contributed by atoms with Gasteiger partial charge in [0.05, 0.1) is 41.8 Å². The summed E-state index contributed by atoms with van der Waals surface area (Å²) in [5.74, 6) is -6.13. The van der Waals surface area contributed by atoms with Gasteiger partial charge in [-0.1, -0.05) is 18.2 Å². The van der Waals surface area contributed by atoms with Crippen molar-refractivity contribution in [3.8, 4) is 11.5 Å². The number of ketones is 2. The number of phenolic OH excluding ortho intramolecular Hbond substituents is 2. The van der Waals surface area contributed by atoms with Crippen LogP contribution in [0.1, 0.15) is 67.3 Å². The molecule has 6 atom stereocenters. The van der Waals surface area contributed by atoms with Crippen molar-refractivity contribution in [1.29, 1.82) is 0 Å². The van der Waals surface area contributed by atoms with Crippen molar-refractivity contribution in [3.63, 3.8) is 0 Å². The molecule has 7 rings (SSSR count). The zero-order valence-electron chi connectivity index (χ0n) is 16.7. The van der Waals surface area contributed by atoms with Crippen LogP contribution in [0.15, 0.2) is 18.2 Å². The maximum atomic E-state index is 15.3. The summed E-state index contributed by atoms with van der Waals surface area (Å²) in [5, 5.41) is 33.2. The monoisotopic (exact) mass is 426 g/mol. The molecule has 2 aromatic carbocycles. The molecule has 7 nitrogen and oxygen atoms in total. The van der Waals surface area contributed by atoms with Crippen LogP contribution in [0, 0.1) is 6.92 Å². The number of fused-ring (bicyclic) bond motifs is 3. The molecule has 5 aliphatic rings. The number of halogens is 1. The lowest BCUT2D eigenvalue weighted by atomic mass is 9.66. The van der Waals surface area contributed by atoms with Gasteiger partial charge in [-0.25, -0.2) is 4.39 Å². The predicted octanol–water partition coefficient (Wildman–Crippen LogP) is 2.21. The molecule has 0 spiro atoms. The Morgan fingerprint density at radius 1 is 1.06 bits per heavy atom. The van der Waals surface area contributed by atoms with Crippen LogP contribution in [-0.4, -0.2) is 57.7 Å². The van der Waals surface area contributed by atoms with E-state index in [2.05, 4.69) is 0 Å². The number of rotatable bonds is 0. The number of aryl methyl sites for hydroxylation is 1. The van der Waals surface area contributed by atoms with Gasteiger partial charge >= 0.3 is 0 Å². The molecule has 8 heteroatoms. The summed E-state index contributed by atoms with van der Waals surface area (Å²) in [7, 11) is 0. The maximum Gasteiger partial charge on any atom is 0.198 e. The zero-order valence-corrected chi connectivity index (χ0v) is 16.7. The van der Waals surface area contributed by atoms with E-state index >= 15 is 4.39 Å². The number of aromatic hydroxyl groups is 2. The Bertz CT molecular complexity index is 1220. The van der Waals surface area contributed by atoms with E-state index in [0.29, 0.717) is 5.56 Å². The number of carbonyl (C=O) groups excluding carboxylic acids is 2. The van der Waals surface area contributed by atoms with Crippen molar-refractivity contribution in [2.24, 2.45) is 0 Å². The molecule has 2 saturated heterocycles. The molecule has 0 saturated carbocycles. The molecule has 3 N–H and O–H groups in total. The van der Waals surface area contributed by atoms with Gasteiger partial charge in [0.2, 0.25) is 0 Å². The van der Waals surface area contributed by atoms with Crippen molar-refractivity contribution < 1.29 is 38.8 Å². The number of hydrogen-bond donors (Lipinski definition) is 3. The van der Waals surface area contributed by atoms with Crippen LogP contribution in [0.3, 0.4) is 0 Å². The standard InChI is InChI=1S/C23H19FO7/c1-7-4-3-5-8-10(7)19(26)15-14(18(8)25)21(28)13-12(20(15)27)11-9-6-30-23(2,31-9)16(13)22(29)17(11)24/h3-5,9,11,16-17,22,27-29H,6H2,1-2H3/t9?,11?,16?,17-,22+,23?/m0/s1. The molecule has 2 fully saturated rings. The topological polar surface area (TPSA) is 113 Å². The SMILES string of the molecule is Cc1cccc2c1C(=O)c1c(O)c3c(c(O)c1C2=O)C1[C@@H](O)[C@@H](F)C3C2COC1(C)O2. The van der Waals surface area contributed by atoms with Crippen LogP contribution in [0.25, 0.3) is 0 Å². The molecule has 0 aromatic heterocycles. The van der Waals surface area contributed by atoms with E-state index in [1.54, 1.807) is 19.1 Å². The van der Waals surface area contributed by atoms with Gasteiger partial charge in [0.15, 0.2) is 17.4 Å². The molecule has 4 unspecified atom stereocenters. The summed E-state index contributed by atoms with van der Waals surface area (Å²) in [6.45, 7) is 3.25. The summed E-state index contributed by atoms with van der Waals surface area (Å²) in [6, 6.07) is 4.80. The minimum Gasteiger partial charge on any atom is -0.507 e. The molecule has 160 valence electrons. The molecular weight excluding hydrogens is 407 g/mol. The predicted molar refractivity (Wildman–Crippen MR) is 103 cm³/mol. The summed E-state index contributed by atoms with van der Waals surface area (Å²) in [5.41, 5.74) is 0.166. The number of ether oxygens (including phenoxy) is 2. The average molecular weight is 426 g/mol. The average Bonchev–Trinajstić information content (AvgIpc) is 3.03. The smallest absolute Gasteiger partial charge is 0.198 e. The van der Waals surface area contributed by atoms with E-state index < -0.39 is 59.1 Å². The van der Waals surface area contributed by atoms with Crippen LogP contribution >= 0.6 is 0 Å². The van der Waals surface area contributed by atoms with E-state index in [-0.39, 0.29) is 40.0 Å². The van der Waals surface area contributed by atoms with E-state index in [9.17, 15) is 24.9 Å². The van der Waals surface area contributed by atoms with Gasteiger partial charge in [0.1, 0.15) is 17.7 Å². The molecule has 4 bridgehead atoms. The minimum atomic E-state index is -1.81. The fraction of sp³-hybridized carbons (Fsp3) is 0.391. The van der Waals surface area contributed by atoms with Gasteiger partial charge in [-0.05, 0) is 19.4 Å². The van der Waals surface area contributed by atoms with E-state index in [4.69, 9.17) is 9.47 Å². The highest BCUT2D eigenvalue weighted by Crippen LogP contribution is 2.61. The van der Waals surface area contributed by atoms with Gasteiger partial charge in [-0.2, -0.15) is 0 Å². The van der Waals surface area contributed by atoms with Crippen LogP contribution in [0.2, 0.25) is 0 Å². The van der Waals surface area contributed by atoms with Gasteiger partial charge < -0.3 is 24.8 Å². The highest BCUT2D eigenvalue weighted by Gasteiger charge is 2.64. The lowest BCUT2D eigenvalue weighted by Crippen LogP contribution is -2.49. The quantitative estimate of drug-likeness (QED) is 0.473. The zero-order chi connectivity index (χ0) is 22.0. The van der Waals surface area contributed by atoms with E-state index in [1.807, 2.05) is 0 Å². The molecule has 3 heterocycles. The Balaban J connectivity index is 1.73. The van der Waals surface area contributed by atoms with Crippen molar-refractivity contribution in [2.75, 3.05) is 6.61 Å². The molecule has 2 aromatic rings. The van der Waals surface area contributed by atoms with E-state index in [1.165, 1.54) is 13.0 Å². The Morgan fingerprint density at radius 2 is 1.74 bits per heavy atom. The van der Waals surface area contributed by atoms with Crippen molar-refractivity contribution >= 4 is 11.6 Å². The summed E-state index contributed by atoms with van der Waals surface area (Å²) >= 11 is 0. The third-order valence-electron chi connectivity index (χ3n) is 7.26. The van der Waals surface area contributed by atoms with Gasteiger partial charge in [-0.3, -0.25) is 9.59 Å². The molecular formula is C23H19FO7. The third kappa shape index (κ3) is 2.03. The molecule has 0 radical (unpaired) electrons. The van der Waals surface area contributed by atoms with Crippen LogP contribution < -0.4 is 0 Å². The van der Waals surface area contributed by atoms with Crippen LogP contribution in [0.4, 0.5) is 4.39 Å². The van der Waals surface area contributed by atoms with Gasteiger partial charge in [0.25, 0.3) is 0 Å². The Labute approximate surface area is 176 Å². The number of hydrogen-bond acceptors (Lipinski definition) is 7. The first kappa shape index (κ1) is 18.9. The van der Waals surface area contributed by atoms with Crippen molar-refractivity contribution in [1.82, 2.24) is 0 Å². The lowest BCUT2D eigenvalue weighted by Gasteiger charge is -2.42. The number of carbonyl (C=O) groups is 2. The number of aliphatic hydroxyl groups excluding tert-OH is 1. The Hall–Kier alpha value is -2.81. The van der Waals surface area contributed by atoms with Gasteiger partial charge in [-0.15, -0.1) is 0 Å². The summed E-state index contributed by atoms with van der Waals surface area (Å²) in [4.78, 5) is 26.7. The first-order valence-corrected chi connectivity index (χ1v) is 10.1. The Kier molecular flexibility index (Phi) is 3.48. The normalized spacial score (nSPS) is 34.9. The number of aliphatic hydroxyl groups is 1. The second-order valence-corrected chi connectivity index (χ2v) is 8.85.